The van der Waals surface area contributed by atoms with Gasteiger partial charge in [0.05, 0.1) is 12.5 Å². The van der Waals surface area contributed by atoms with Crippen LogP contribution in [0, 0.1) is 5.92 Å². The van der Waals surface area contributed by atoms with E-state index in [1.165, 1.54) is 11.3 Å². The Bertz CT molecular complexity index is 1180. The van der Waals surface area contributed by atoms with Gasteiger partial charge in [-0.1, -0.05) is 41.9 Å². The van der Waals surface area contributed by atoms with E-state index in [1.54, 1.807) is 24.3 Å². The molecule has 0 saturated carbocycles. The number of thiazole rings is 1. The minimum atomic E-state index is -0.348. The molecule has 1 aliphatic heterocycles. The lowest BCUT2D eigenvalue weighted by Gasteiger charge is -2.06. The van der Waals surface area contributed by atoms with Gasteiger partial charge in [0.15, 0.2) is 4.80 Å². The zero-order valence-electron chi connectivity index (χ0n) is 15.9. The smallest absolute Gasteiger partial charge is 0.279 e. The number of rotatable bonds is 5. The monoisotopic (exact) mass is 439 g/mol. The number of benzene rings is 2. The molecule has 30 heavy (non-hydrogen) atoms. The van der Waals surface area contributed by atoms with Gasteiger partial charge >= 0.3 is 0 Å². The number of imide groups is 1. The third kappa shape index (κ3) is 4.58. The lowest BCUT2D eigenvalue weighted by Crippen LogP contribution is -2.22. The Morgan fingerprint density at radius 1 is 1.17 bits per heavy atom. The van der Waals surface area contributed by atoms with E-state index in [2.05, 4.69) is 10.3 Å². The van der Waals surface area contributed by atoms with Crippen LogP contribution in [-0.4, -0.2) is 22.3 Å². The number of hydrogen-bond acceptors (Lipinski definition) is 4. The predicted octanol–water partition coefficient (Wildman–Crippen LogP) is 3.20. The summed E-state index contributed by atoms with van der Waals surface area (Å²) in [6.45, 7) is 0.524. The average Bonchev–Trinajstić information content (AvgIpc) is 3.29. The summed E-state index contributed by atoms with van der Waals surface area (Å²) in [5, 5.41) is 4.85. The summed E-state index contributed by atoms with van der Waals surface area (Å²) in [6, 6.07) is 14.6. The Balaban J connectivity index is 1.48. The third-order valence-corrected chi connectivity index (χ3v) is 6.07. The summed E-state index contributed by atoms with van der Waals surface area (Å²) in [4.78, 5) is 40.5. The number of carbonyl (C=O) groups is 3. The minimum absolute atomic E-state index is 0.207. The molecule has 6 nitrogen and oxygen atoms in total. The molecular formula is C22H18ClN3O3S. The number of halogens is 1. The molecule has 1 aliphatic rings. The van der Waals surface area contributed by atoms with Crippen molar-refractivity contribution in [1.29, 1.82) is 0 Å². The quantitative estimate of drug-likeness (QED) is 0.620. The molecule has 0 spiro atoms. The van der Waals surface area contributed by atoms with Crippen LogP contribution in [0.4, 0.5) is 0 Å². The van der Waals surface area contributed by atoms with E-state index in [0.717, 1.165) is 11.1 Å². The first-order valence-corrected chi connectivity index (χ1v) is 10.6. The van der Waals surface area contributed by atoms with Gasteiger partial charge in [0.2, 0.25) is 11.8 Å². The van der Waals surface area contributed by atoms with Gasteiger partial charge in [-0.3, -0.25) is 19.7 Å². The fourth-order valence-corrected chi connectivity index (χ4v) is 4.23. The Morgan fingerprint density at radius 3 is 2.63 bits per heavy atom. The first-order chi connectivity index (χ1) is 14.5. The van der Waals surface area contributed by atoms with E-state index in [1.807, 2.05) is 40.4 Å². The van der Waals surface area contributed by atoms with Gasteiger partial charge in [0.1, 0.15) is 0 Å². The second kappa shape index (κ2) is 8.77. The topological polar surface area (TPSA) is 80.5 Å². The van der Waals surface area contributed by atoms with Crippen molar-refractivity contribution in [2.45, 2.75) is 19.4 Å². The molecule has 1 aromatic heterocycles. The van der Waals surface area contributed by atoms with Crippen LogP contribution in [-0.2, 0) is 22.6 Å². The van der Waals surface area contributed by atoms with E-state index >= 15 is 0 Å². The van der Waals surface area contributed by atoms with E-state index in [9.17, 15) is 14.4 Å². The van der Waals surface area contributed by atoms with Gasteiger partial charge in [0.25, 0.3) is 5.91 Å². The molecule has 4 rings (SSSR count). The van der Waals surface area contributed by atoms with Crippen LogP contribution in [0.5, 0.6) is 0 Å². The molecule has 3 aromatic rings. The summed E-state index contributed by atoms with van der Waals surface area (Å²) in [7, 11) is 0. The van der Waals surface area contributed by atoms with Crippen molar-refractivity contribution in [1.82, 2.24) is 9.88 Å². The lowest BCUT2D eigenvalue weighted by molar-refractivity contribution is -0.125. The molecule has 3 amide bonds. The SMILES string of the molecule is O=C1C[C@@H](Cc2ccc(C(=O)N=c3sccn3Cc3ccccc3Cl)cc2)C(=O)N1. The van der Waals surface area contributed by atoms with Crippen molar-refractivity contribution in [3.8, 4) is 0 Å². The van der Waals surface area contributed by atoms with Gasteiger partial charge in [-0.15, -0.1) is 11.3 Å². The molecule has 1 fully saturated rings. The van der Waals surface area contributed by atoms with Crippen LogP contribution in [0.1, 0.15) is 27.9 Å². The number of carbonyl (C=O) groups excluding carboxylic acids is 3. The van der Waals surface area contributed by atoms with Crippen LogP contribution in [0.15, 0.2) is 65.1 Å². The molecule has 1 saturated heterocycles. The van der Waals surface area contributed by atoms with Gasteiger partial charge in [-0.2, -0.15) is 4.99 Å². The fourth-order valence-electron chi connectivity index (χ4n) is 3.31. The predicted molar refractivity (Wildman–Crippen MR) is 114 cm³/mol. The van der Waals surface area contributed by atoms with Crippen molar-refractivity contribution < 1.29 is 14.4 Å². The normalized spacial score (nSPS) is 16.7. The van der Waals surface area contributed by atoms with Crippen molar-refractivity contribution >= 4 is 40.7 Å². The molecule has 0 bridgehead atoms. The van der Waals surface area contributed by atoms with Gasteiger partial charge < -0.3 is 4.57 Å². The van der Waals surface area contributed by atoms with E-state index in [0.29, 0.717) is 28.4 Å². The minimum Gasteiger partial charge on any atom is -0.319 e. The number of nitrogens with zero attached hydrogens (tertiary/aromatic N) is 2. The van der Waals surface area contributed by atoms with Crippen molar-refractivity contribution in [3.63, 3.8) is 0 Å². The molecule has 2 heterocycles. The van der Waals surface area contributed by atoms with Crippen LogP contribution >= 0.6 is 22.9 Å². The van der Waals surface area contributed by atoms with E-state index in [-0.39, 0.29) is 30.1 Å². The van der Waals surface area contributed by atoms with Crippen LogP contribution in [0.2, 0.25) is 5.02 Å². The molecule has 2 aromatic carbocycles. The van der Waals surface area contributed by atoms with Crippen LogP contribution in [0.25, 0.3) is 0 Å². The zero-order chi connectivity index (χ0) is 21.1. The molecule has 0 aliphatic carbocycles. The molecule has 152 valence electrons. The maximum Gasteiger partial charge on any atom is 0.279 e. The summed E-state index contributed by atoms with van der Waals surface area (Å²) >= 11 is 7.62. The summed E-state index contributed by atoms with van der Waals surface area (Å²) < 4.78 is 1.88. The maximum absolute atomic E-state index is 12.6. The summed E-state index contributed by atoms with van der Waals surface area (Å²) in [5.41, 5.74) is 2.31. The second-order valence-electron chi connectivity index (χ2n) is 7.04. The molecule has 1 atom stereocenters. The molecule has 8 heteroatoms. The van der Waals surface area contributed by atoms with E-state index < -0.39 is 0 Å². The highest BCUT2D eigenvalue weighted by Gasteiger charge is 2.30. The van der Waals surface area contributed by atoms with E-state index in [4.69, 9.17) is 11.6 Å². The van der Waals surface area contributed by atoms with Gasteiger partial charge in [-0.25, -0.2) is 0 Å². The summed E-state index contributed by atoms with van der Waals surface area (Å²) in [6.07, 6.45) is 2.54. The first kappa shape index (κ1) is 20.3. The highest BCUT2D eigenvalue weighted by Crippen LogP contribution is 2.18. The Kier molecular flexibility index (Phi) is 5.92. The molecule has 1 N–H and O–H groups in total. The number of nitrogens with one attached hydrogen (secondary N) is 1. The first-order valence-electron chi connectivity index (χ1n) is 9.38. The van der Waals surface area contributed by atoms with Crippen LogP contribution < -0.4 is 10.1 Å². The number of hydrogen-bond donors (Lipinski definition) is 1. The second-order valence-corrected chi connectivity index (χ2v) is 8.32. The third-order valence-electron chi connectivity index (χ3n) is 4.90. The molecule has 0 radical (unpaired) electrons. The Morgan fingerprint density at radius 2 is 1.93 bits per heavy atom. The van der Waals surface area contributed by atoms with Gasteiger partial charge in [0, 0.05) is 28.6 Å². The number of aromatic nitrogens is 1. The summed E-state index contributed by atoms with van der Waals surface area (Å²) in [5.74, 6) is -1.17. The highest BCUT2D eigenvalue weighted by molar-refractivity contribution is 7.07. The molecule has 0 unspecified atom stereocenters. The van der Waals surface area contributed by atoms with Crippen LogP contribution in [0.3, 0.4) is 0 Å². The van der Waals surface area contributed by atoms with Crippen molar-refractivity contribution in [2.24, 2.45) is 10.9 Å². The zero-order valence-corrected chi connectivity index (χ0v) is 17.4. The largest absolute Gasteiger partial charge is 0.319 e. The Hall–Kier alpha value is -3.03. The van der Waals surface area contributed by atoms with Crippen molar-refractivity contribution in [2.75, 3.05) is 0 Å². The van der Waals surface area contributed by atoms with Gasteiger partial charge in [-0.05, 0) is 35.7 Å². The Labute approximate surface area is 181 Å². The average molecular weight is 440 g/mol. The highest BCUT2D eigenvalue weighted by atomic mass is 35.5. The maximum atomic E-state index is 12.6. The van der Waals surface area contributed by atoms with Crippen molar-refractivity contribution in [3.05, 3.63) is 86.6 Å². The number of amides is 3. The standard InChI is InChI=1S/C22H18ClN3O3S/c23-18-4-2-1-3-16(18)13-26-9-10-30-22(26)25-20(28)15-7-5-14(6-8-15)11-17-12-19(27)24-21(17)29/h1-10,17H,11-13H2,(H,24,27,29)/t17-/m1/s1. The fraction of sp³-hybridized carbons (Fsp3) is 0.182. The lowest BCUT2D eigenvalue weighted by atomic mass is 9.97. The molecular weight excluding hydrogens is 422 g/mol.